The first-order chi connectivity index (χ1) is 13.5. The van der Waals surface area contributed by atoms with Crippen molar-refractivity contribution < 1.29 is 14.3 Å². The lowest BCUT2D eigenvalue weighted by atomic mass is 10.2. The number of methoxy groups -OCH3 is 2. The molecule has 2 rings (SSSR count). The summed E-state index contributed by atoms with van der Waals surface area (Å²) in [4.78, 5) is 18.0. The van der Waals surface area contributed by atoms with Crippen LogP contribution in [0.2, 0.25) is 0 Å². The molecule has 7 heteroatoms. The van der Waals surface area contributed by atoms with E-state index in [0.717, 1.165) is 30.4 Å². The van der Waals surface area contributed by atoms with Gasteiger partial charge in [0.2, 0.25) is 0 Å². The fourth-order valence-corrected chi connectivity index (χ4v) is 2.58. The van der Waals surface area contributed by atoms with Crippen molar-refractivity contribution in [2.75, 3.05) is 33.1 Å². The zero-order valence-corrected chi connectivity index (χ0v) is 16.9. The van der Waals surface area contributed by atoms with Crippen molar-refractivity contribution in [1.82, 2.24) is 10.2 Å². The Kier molecular flexibility index (Phi) is 8.14. The molecular weight excluding hydrogens is 356 g/mol. The van der Waals surface area contributed by atoms with Gasteiger partial charge in [-0.1, -0.05) is 24.3 Å². The SMILES string of the molecule is CCNC(=NCc1ccc(NC(=O)OC)cc1)N(C)Cc1ccc(OC)cc1. The van der Waals surface area contributed by atoms with E-state index in [1.54, 1.807) is 7.11 Å². The van der Waals surface area contributed by atoms with E-state index in [1.165, 1.54) is 12.7 Å². The first-order valence-corrected chi connectivity index (χ1v) is 9.12. The molecule has 0 unspecified atom stereocenters. The number of carbonyl (C=O) groups excluding carboxylic acids is 1. The Bertz CT molecular complexity index is 773. The van der Waals surface area contributed by atoms with Crippen LogP contribution in [0.4, 0.5) is 10.5 Å². The molecule has 0 spiro atoms. The number of rotatable bonds is 7. The molecule has 0 radical (unpaired) electrons. The van der Waals surface area contributed by atoms with Gasteiger partial charge in [-0.25, -0.2) is 9.79 Å². The predicted octanol–water partition coefficient (Wildman–Crippen LogP) is 3.47. The number of ether oxygens (including phenoxy) is 2. The summed E-state index contributed by atoms with van der Waals surface area (Å²) in [5, 5.41) is 5.95. The van der Waals surface area contributed by atoms with Gasteiger partial charge in [0, 0.05) is 25.8 Å². The zero-order valence-electron chi connectivity index (χ0n) is 16.9. The Hall–Kier alpha value is -3.22. The molecule has 2 aromatic rings. The van der Waals surface area contributed by atoms with Crippen LogP contribution in [0.25, 0.3) is 0 Å². The van der Waals surface area contributed by atoms with E-state index < -0.39 is 6.09 Å². The van der Waals surface area contributed by atoms with Crippen molar-refractivity contribution >= 4 is 17.7 Å². The number of aliphatic imine (C=N–C) groups is 1. The van der Waals surface area contributed by atoms with Crippen LogP contribution < -0.4 is 15.4 Å². The van der Waals surface area contributed by atoms with Gasteiger partial charge in [-0.3, -0.25) is 5.32 Å². The van der Waals surface area contributed by atoms with Gasteiger partial charge in [0.05, 0.1) is 20.8 Å². The molecule has 0 fully saturated rings. The van der Waals surface area contributed by atoms with Crippen molar-refractivity contribution in [2.45, 2.75) is 20.0 Å². The maximum absolute atomic E-state index is 11.2. The standard InChI is InChI=1S/C21H28N4O3/c1-5-22-20(25(2)15-17-8-12-19(27-3)13-9-17)23-14-16-6-10-18(11-7-16)24-21(26)28-4/h6-13H,5,14-15H2,1-4H3,(H,22,23)(H,24,26). The summed E-state index contributed by atoms with van der Waals surface area (Å²) >= 11 is 0. The maximum atomic E-state index is 11.2. The van der Waals surface area contributed by atoms with E-state index in [-0.39, 0.29) is 0 Å². The van der Waals surface area contributed by atoms with Crippen molar-refractivity contribution in [3.05, 3.63) is 59.7 Å². The number of guanidine groups is 1. The van der Waals surface area contributed by atoms with E-state index >= 15 is 0 Å². The molecule has 0 aliphatic heterocycles. The van der Waals surface area contributed by atoms with Crippen LogP contribution in [0, 0.1) is 0 Å². The van der Waals surface area contributed by atoms with E-state index in [1.807, 2.05) is 62.5 Å². The topological polar surface area (TPSA) is 75.2 Å². The van der Waals surface area contributed by atoms with Crippen LogP contribution >= 0.6 is 0 Å². The molecule has 2 aromatic carbocycles. The van der Waals surface area contributed by atoms with Crippen LogP contribution in [0.3, 0.4) is 0 Å². The fraction of sp³-hybridized carbons (Fsp3) is 0.333. The molecule has 7 nitrogen and oxygen atoms in total. The molecule has 0 aliphatic carbocycles. The average Bonchev–Trinajstić information content (AvgIpc) is 2.72. The summed E-state index contributed by atoms with van der Waals surface area (Å²) in [6.45, 7) is 4.10. The number of hydrogen-bond donors (Lipinski definition) is 2. The monoisotopic (exact) mass is 384 g/mol. The second kappa shape index (κ2) is 10.8. The molecule has 0 heterocycles. The second-order valence-corrected chi connectivity index (χ2v) is 6.19. The molecule has 0 aromatic heterocycles. The van der Waals surface area contributed by atoms with Crippen molar-refractivity contribution in [3.8, 4) is 5.75 Å². The first kappa shape index (κ1) is 21.1. The van der Waals surface area contributed by atoms with Crippen LogP contribution in [-0.4, -0.2) is 44.8 Å². The molecule has 0 saturated heterocycles. The van der Waals surface area contributed by atoms with Gasteiger partial charge < -0.3 is 19.7 Å². The lowest BCUT2D eigenvalue weighted by Crippen LogP contribution is -2.38. The van der Waals surface area contributed by atoms with Crippen molar-refractivity contribution in [3.63, 3.8) is 0 Å². The average molecular weight is 384 g/mol. The molecule has 0 aliphatic rings. The third-order valence-corrected chi connectivity index (χ3v) is 4.07. The fourth-order valence-electron chi connectivity index (χ4n) is 2.58. The van der Waals surface area contributed by atoms with Gasteiger partial charge in [0.15, 0.2) is 5.96 Å². The van der Waals surface area contributed by atoms with Gasteiger partial charge in [0.1, 0.15) is 5.75 Å². The smallest absolute Gasteiger partial charge is 0.411 e. The molecule has 1 amide bonds. The van der Waals surface area contributed by atoms with Gasteiger partial charge in [-0.15, -0.1) is 0 Å². The Morgan fingerprint density at radius 3 is 2.25 bits per heavy atom. The maximum Gasteiger partial charge on any atom is 0.411 e. The number of nitrogens with zero attached hydrogens (tertiary/aromatic N) is 2. The normalized spacial score (nSPS) is 10.9. The Morgan fingerprint density at radius 2 is 1.68 bits per heavy atom. The summed E-state index contributed by atoms with van der Waals surface area (Å²) in [5.41, 5.74) is 2.90. The molecule has 0 saturated carbocycles. The highest BCUT2D eigenvalue weighted by molar-refractivity contribution is 5.84. The van der Waals surface area contributed by atoms with E-state index in [9.17, 15) is 4.79 Å². The highest BCUT2D eigenvalue weighted by atomic mass is 16.5. The Labute approximate surface area is 166 Å². The molecule has 0 bridgehead atoms. The van der Waals surface area contributed by atoms with E-state index in [2.05, 4.69) is 20.3 Å². The quantitative estimate of drug-likeness (QED) is 0.565. The Balaban J connectivity index is 2.00. The highest BCUT2D eigenvalue weighted by Crippen LogP contribution is 2.13. The van der Waals surface area contributed by atoms with Crippen molar-refractivity contribution in [1.29, 1.82) is 0 Å². The van der Waals surface area contributed by atoms with E-state index in [0.29, 0.717) is 12.2 Å². The summed E-state index contributed by atoms with van der Waals surface area (Å²) in [5.74, 6) is 1.67. The number of amides is 1. The Morgan fingerprint density at radius 1 is 1.04 bits per heavy atom. The number of hydrogen-bond acceptors (Lipinski definition) is 4. The van der Waals surface area contributed by atoms with Gasteiger partial charge in [0.25, 0.3) is 0 Å². The summed E-state index contributed by atoms with van der Waals surface area (Å²) < 4.78 is 9.79. The molecule has 0 atom stereocenters. The third kappa shape index (κ3) is 6.50. The number of carbonyl (C=O) groups is 1. The third-order valence-electron chi connectivity index (χ3n) is 4.07. The summed E-state index contributed by atoms with van der Waals surface area (Å²) in [7, 11) is 5.01. The number of nitrogens with one attached hydrogen (secondary N) is 2. The zero-order chi connectivity index (χ0) is 20.4. The van der Waals surface area contributed by atoms with Crippen LogP contribution in [0.15, 0.2) is 53.5 Å². The second-order valence-electron chi connectivity index (χ2n) is 6.19. The highest BCUT2D eigenvalue weighted by Gasteiger charge is 2.07. The molecule has 28 heavy (non-hydrogen) atoms. The number of benzene rings is 2. The minimum Gasteiger partial charge on any atom is -0.497 e. The molecular formula is C21H28N4O3. The van der Waals surface area contributed by atoms with Crippen molar-refractivity contribution in [2.24, 2.45) is 4.99 Å². The number of anilines is 1. The molecule has 2 N–H and O–H groups in total. The van der Waals surface area contributed by atoms with Crippen LogP contribution in [-0.2, 0) is 17.8 Å². The van der Waals surface area contributed by atoms with Crippen LogP contribution in [0.5, 0.6) is 5.75 Å². The lowest BCUT2D eigenvalue weighted by Gasteiger charge is -2.22. The minimum absolute atomic E-state index is 0.486. The molecule has 150 valence electrons. The summed E-state index contributed by atoms with van der Waals surface area (Å²) in [6, 6.07) is 15.5. The van der Waals surface area contributed by atoms with Crippen LogP contribution in [0.1, 0.15) is 18.1 Å². The predicted molar refractivity (Wildman–Crippen MR) is 112 cm³/mol. The lowest BCUT2D eigenvalue weighted by molar-refractivity contribution is 0.187. The van der Waals surface area contributed by atoms with Gasteiger partial charge in [-0.05, 0) is 42.3 Å². The minimum atomic E-state index is -0.486. The van der Waals surface area contributed by atoms with Gasteiger partial charge in [-0.2, -0.15) is 0 Å². The van der Waals surface area contributed by atoms with Gasteiger partial charge >= 0.3 is 6.09 Å². The summed E-state index contributed by atoms with van der Waals surface area (Å²) in [6.07, 6.45) is -0.486. The van der Waals surface area contributed by atoms with E-state index in [4.69, 9.17) is 9.73 Å². The largest absolute Gasteiger partial charge is 0.497 e. The first-order valence-electron chi connectivity index (χ1n) is 9.12.